The molecule has 0 aromatic heterocycles. The molecule has 1 aliphatic rings. The molecule has 1 rings (SSSR count). The summed E-state index contributed by atoms with van der Waals surface area (Å²) in [5, 5.41) is 43.3. The van der Waals surface area contributed by atoms with Crippen LogP contribution >= 0.6 is 11.8 Å². The maximum absolute atomic E-state index is 11.0. The standard InChI is InChI=1S/C12H21NO10S3/c1-25(18)5-3-2-4-8(13-23-26(19,20)21)24-12-11(17)10(16)9(15)7(6-14)22-12/h3,5,7,9-12,14-17H,2,4,6H2,1H3,(H,19,20,21)/b5-3+,13-8?/t7-,9-,10+,11-,12+,25-/m1/s1. The van der Waals surface area contributed by atoms with Crippen molar-refractivity contribution < 1.29 is 46.6 Å². The maximum atomic E-state index is 11.0. The Morgan fingerprint density at radius 2 is 1.96 bits per heavy atom. The summed E-state index contributed by atoms with van der Waals surface area (Å²) in [6.07, 6.45) is -2.50. The first-order valence-electron chi connectivity index (χ1n) is 7.24. The molecule has 0 unspecified atom stereocenters. The van der Waals surface area contributed by atoms with E-state index in [1.807, 2.05) is 0 Å². The molecule has 0 saturated carbocycles. The highest BCUT2D eigenvalue weighted by Gasteiger charge is 2.44. The van der Waals surface area contributed by atoms with Gasteiger partial charge < -0.3 is 25.2 Å². The predicted molar refractivity (Wildman–Crippen MR) is 93.9 cm³/mol. The van der Waals surface area contributed by atoms with Crippen LogP contribution in [0, 0.1) is 0 Å². The van der Waals surface area contributed by atoms with Crippen LogP contribution in [0.3, 0.4) is 0 Å². The van der Waals surface area contributed by atoms with Crippen molar-refractivity contribution in [3.63, 3.8) is 0 Å². The fourth-order valence-corrected chi connectivity index (χ4v) is 3.65. The third kappa shape index (κ3) is 7.98. The molecule has 0 aromatic rings. The third-order valence-electron chi connectivity index (χ3n) is 3.15. The Morgan fingerprint density at radius 3 is 2.50 bits per heavy atom. The first-order valence-corrected chi connectivity index (χ1v) is 11.1. The van der Waals surface area contributed by atoms with Crippen molar-refractivity contribution in [2.75, 3.05) is 12.9 Å². The number of nitrogens with zero attached hydrogens (tertiary/aromatic N) is 1. The number of hydrogen-bond acceptors (Lipinski definition) is 11. The van der Waals surface area contributed by atoms with E-state index in [-0.39, 0.29) is 17.9 Å². The average molecular weight is 435 g/mol. The highest BCUT2D eigenvalue weighted by Crippen LogP contribution is 2.30. The second kappa shape index (κ2) is 10.7. The van der Waals surface area contributed by atoms with Crippen LogP contribution in [-0.2, 0) is 30.2 Å². The molecule has 0 bridgehead atoms. The van der Waals surface area contributed by atoms with Crippen molar-refractivity contribution in [3.8, 4) is 0 Å². The fourth-order valence-electron chi connectivity index (χ4n) is 1.92. The summed E-state index contributed by atoms with van der Waals surface area (Å²) in [4.78, 5) is 0. The Labute approximate surface area is 157 Å². The Kier molecular flexibility index (Phi) is 9.63. The lowest BCUT2D eigenvalue weighted by atomic mass is 10.0. The zero-order valence-corrected chi connectivity index (χ0v) is 16.1. The van der Waals surface area contributed by atoms with E-state index >= 15 is 0 Å². The molecule has 152 valence electrons. The monoisotopic (exact) mass is 435 g/mol. The third-order valence-corrected chi connectivity index (χ3v) is 5.16. The Morgan fingerprint density at radius 1 is 1.31 bits per heavy atom. The van der Waals surface area contributed by atoms with E-state index in [0.717, 1.165) is 0 Å². The lowest BCUT2D eigenvalue weighted by Gasteiger charge is -2.39. The van der Waals surface area contributed by atoms with Crippen LogP contribution in [0.25, 0.3) is 0 Å². The summed E-state index contributed by atoms with van der Waals surface area (Å²) < 4.78 is 50.2. The van der Waals surface area contributed by atoms with Crippen LogP contribution in [0.4, 0.5) is 0 Å². The van der Waals surface area contributed by atoms with Gasteiger partial charge in [-0.25, -0.2) is 4.28 Å². The van der Waals surface area contributed by atoms with Crippen molar-refractivity contribution in [1.29, 1.82) is 0 Å². The van der Waals surface area contributed by atoms with E-state index in [1.165, 1.54) is 11.7 Å². The maximum Gasteiger partial charge on any atom is 0.466 e. The molecule has 1 aliphatic heterocycles. The average Bonchev–Trinajstić information content (AvgIpc) is 2.55. The SMILES string of the molecule is C[S@@](=O)/C=C/CCC(=NOS(=O)(=O)O)S[C@@H]1O[C@H](CO)[C@@H](O)[C@H](O)[C@H]1O. The van der Waals surface area contributed by atoms with E-state index < -0.39 is 57.7 Å². The molecule has 26 heavy (non-hydrogen) atoms. The van der Waals surface area contributed by atoms with Crippen LogP contribution in [0.5, 0.6) is 0 Å². The molecule has 11 nitrogen and oxygen atoms in total. The van der Waals surface area contributed by atoms with Gasteiger partial charge >= 0.3 is 10.4 Å². The Bertz CT molecular complexity index is 635. The smallest absolute Gasteiger partial charge is 0.394 e. The van der Waals surface area contributed by atoms with Gasteiger partial charge in [0.1, 0.15) is 34.9 Å². The van der Waals surface area contributed by atoms with Crippen LogP contribution in [0.15, 0.2) is 16.6 Å². The van der Waals surface area contributed by atoms with Crippen molar-refractivity contribution in [1.82, 2.24) is 0 Å². The largest absolute Gasteiger partial charge is 0.466 e. The molecule has 6 atom stereocenters. The second-order valence-corrected chi connectivity index (χ2v) is 8.66. The number of allylic oxidation sites excluding steroid dienone is 1. The van der Waals surface area contributed by atoms with Crippen LogP contribution in [0.2, 0.25) is 0 Å². The van der Waals surface area contributed by atoms with Crippen LogP contribution < -0.4 is 0 Å². The number of aliphatic hydroxyl groups excluding tert-OH is 4. The summed E-state index contributed by atoms with van der Waals surface area (Å²) in [5.41, 5.74) is -1.20. The molecule has 0 radical (unpaired) electrons. The number of ether oxygens (including phenoxy) is 1. The van der Waals surface area contributed by atoms with E-state index in [4.69, 9.17) is 14.4 Å². The van der Waals surface area contributed by atoms with Gasteiger partial charge in [-0.05, 0) is 11.8 Å². The van der Waals surface area contributed by atoms with Crippen molar-refractivity contribution in [3.05, 3.63) is 11.5 Å². The van der Waals surface area contributed by atoms with E-state index in [0.29, 0.717) is 11.8 Å². The van der Waals surface area contributed by atoms with Gasteiger partial charge in [0.15, 0.2) is 0 Å². The Hall–Kier alpha value is -0.580. The summed E-state index contributed by atoms with van der Waals surface area (Å²) in [6, 6.07) is 0. The van der Waals surface area contributed by atoms with Gasteiger partial charge in [-0.1, -0.05) is 23.0 Å². The van der Waals surface area contributed by atoms with E-state index in [1.54, 1.807) is 6.08 Å². The van der Waals surface area contributed by atoms with E-state index in [2.05, 4.69) is 9.44 Å². The van der Waals surface area contributed by atoms with Gasteiger partial charge in [0.05, 0.1) is 6.61 Å². The highest BCUT2D eigenvalue weighted by molar-refractivity contribution is 8.14. The van der Waals surface area contributed by atoms with Crippen molar-refractivity contribution >= 4 is 38.0 Å². The zero-order chi connectivity index (χ0) is 19.9. The summed E-state index contributed by atoms with van der Waals surface area (Å²) in [6.45, 7) is -0.624. The quantitative estimate of drug-likeness (QED) is 0.127. The molecular formula is C12H21NO10S3. The molecule has 0 aliphatic carbocycles. The molecule has 1 saturated heterocycles. The number of rotatable bonds is 8. The van der Waals surface area contributed by atoms with Crippen LogP contribution in [-0.4, -0.2) is 85.4 Å². The van der Waals surface area contributed by atoms with Gasteiger partial charge in [0.2, 0.25) is 0 Å². The number of oxime groups is 1. The molecule has 1 heterocycles. The first kappa shape index (κ1) is 23.5. The minimum Gasteiger partial charge on any atom is -0.394 e. The molecule has 0 spiro atoms. The minimum absolute atomic E-state index is 0.0292. The van der Waals surface area contributed by atoms with Crippen LogP contribution in [0.1, 0.15) is 12.8 Å². The molecular weight excluding hydrogens is 414 g/mol. The summed E-state index contributed by atoms with van der Waals surface area (Å²) in [7, 11) is -6.03. The molecule has 5 N–H and O–H groups in total. The fraction of sp³-hybridized carbons (Fsp3) is 0.750. The van der Waals surface area contributed by atoms with Crippen molar-refractivity contribution in [2.45, 2.75) is 42.7 Å². The van der Waals surface area contributed by atoms with Gasteiger partial charge in [-0.2, -0.15) is 8.42 Å². The minimum atomic E-state index is -4.85. The second-order valence-electron chi connectivity index (χ2n) is 5.21. The topological polar surface area (TPSA) is 183 Å². The molecule has 1 fully saturated rings. The molecule has 14 heteroatoms. The lowest BCUT2D eigenvalue weighted by molar-refractivity contribution is -0.205. The Balaban J connectivity index is 2.87. The highest BCUT2D eigenvalue weighted by atomic mass is 32.3. The first-order chi connectivity index (χ1) is 12.0. The van der Waals surface area contributed by atoms with Crippen molar-refractivity contribution in [2.24, 2.45) is 5.16 Å². The van der Waals surface area contributed by atoms with Gasteiger partial charge in [-0.15, -0.1) is 0 Å². The summed E-state index contributed by atoms with van der Waals surface area (Å²) in [5.74, 6) is 0. The normalized spacial score (nSPS) is 31.9. The van der Waals surface area contributed by atoms with Gasteiger partial charge in [0, 0.05) is 23.5 Å². The van der Waals surface area contributed by atoms with Gasteiger partial charge in [-0.3, -0.25) is 8.76 Å². The predicted octanol–water partition coefficient (Wildman–Crippen LogP) is -1.68. The zero-order valence-electron chi connectivity index (χ0n) is 13.6. The number of thioether (sulfide) groups is 1. The number of aliphatic hydroxyl groups is 4. The molecule has 0 amide bonds. The molecule has 0 aromatic carbocycles. The summed E-state index contributed by atoms with van der Waals surface area (Å²) >= 11 is 0.683. The van der Waals surface area contributed by atoms with E-state index in [9.17, 15) is 27.9 Å². The van der Waals surface area contributed by atoms with Gasteiger partial charge in [0.25, 0.3) is 0 Å². The lowest BCUT2D eigenvalue weighted by Crippen LogP contribution is -2.57. The number of hydrogen-bond donors (Lipinski definition) is 5.